The Hall–Kier alpha value is -2.22. The van der Waals surface area contributed by atoms with Gasteiger partial charge >= 0.3 is 0 Å². The van der Waals surface area contributed by atoms with Crippen LogP contribution in [0.4, 0.5) is 0 Å². The highest BCUT2D eigenvalue weighted by atomic mass is 16.5. The predicted octanol–water partition coefficient (Wildman–Crippen LogP) is 2.38. The van der Waals surface area contributed by atoms with Crippen molar-refractivity contribution in [3.05, 3.63) is 53.3 Å². The van der Waals surface area contributed by atoms with Crippen LogP contribution in [0.3, 0.4) is 0 Å². The van der Waals surface area contributed by atoms with Gasteiger partial charge in [0.1, 0.15) is 0 Å². The van der Waals surface area contributed by atoms with Crippen LogP contribution in [-0.4, -0.2) is 71.0 Å². The van der Waals surface area contributed by atoms with Gasteiger partial charge in [0, 0.05) is 58.2 Å². The van der Waals surface area contributed by atoms with Gasteiger partial charge in [0.05, 0.1) is 24.9 Å². The molecule has 31 heavy (non-hydrogen) atoms. The third kappa shape index (κ3) is 6.15. The summed E-state index contributed by atoms with van der Waals surface area (Å²) in [5, 5.41) is 4.46. The summed E-state index contributed by atoms with van der Waals surface area (Å²) in [6.07, 6.45) is 4.07. The zero-order valence-electron chi connectivity index (χ0n) is 18.7. The Morgan fingerprint density at radius 2 is 1.94 bits per heavy atom. The normalized spacial score (nSPS) is 21.4. The highest BCUT2D eigenvalue weighted by Gasteiger charge is 2.30. The lowest BCUT2D eigenvalue weighted by atomic mass is 9.99. The molecule has 0 bridgehead atoms. The molecule has 7 heteroatoms. The molecule has 168 valence electrons. The molecule has 4 rings (SSSR count). The van der Waals surface area contributed by atoms with Gasteiger partial charge in [-0.15, -0.1) is 0 Å². The zero-order chi connectivity index (χ0) is 21.6. The van der Waals surface area contributed by atoms with E-state index in [9.17, 15) is 4.79 Å². The molecule has 2 saturated heterocycles. The fraction of sp³-hybridized carbons (Fsp3) is 0.583. The van der Waals surface area contributed by atoms with Gasteiger partial charge in [0.15, 0.2) is 0 Å². The van der Waals surface area contributed by atoms with Crippen LogP contribution < -0.4 is 0 Å². The molecular weight excluding hydrogens is 392 g/mol. The Labute approximate surface area is 184 Å². The van der Waals surface area contributed by atoms with Crippen molar-refractivity contribution < 1.29 is 14.3 Å². The number of amides is 1. The summed E-state index contributed by atoms with van der Waals surface area (Å²) in [6.45, 7) is 7.49. The number of aromatic nitrogens is 2. The molecule has 1 unspecified atom stereocenters. The molecule has 1 atom stereocenters. The van der Waals surface area contributed by atoms with E-state index in [1.807, 2.05) is 47.9 Å². The molecular formula is C24H34N4O3. The van der Waals surface area contributed by atoms with Crippen LogP contribution in [0.1, 0.15) is 29.7 Å². The summed E-state index contributed by atoms with van der Waals surface area (Å²) < 4.78 is 13.7. The maximum absolute atomic E-state index is 13.2. The second-order valence-electron chi connectivity index (χ2n) is 8.86. The fourth-order valence-electron chi connectivity index (χ4n) is 4.53. The summed E-state index contributed by atoms with van der Waals surface area (Å²) in [6, 6.07) is 10.2. The lowest BCUT2D eigenvalue weighted by Crippen LogP contribution is -2.42. The summed E-state index contributed by atoms with van der Waals surface area (Å²) >= 11 is 0. The van der Waals surface area contributed by atoms with Gasteiger partial charge in [-0.05, 0) is 31.2 Å². The van der Waals surface area contributed by atoms with Crippen LogP contribution >= 0.6 is 0 Å². The fourth-order valence-corrected chi connectivity index (χ4v) is 4.53. The molecule has 0 saturated carbocycles. The number of nitrogens with zero attached hydrogens (tertiary/aromatic N) is 4. The molecule has 0 spiro atoms. The largest absolute Gasteiger partial charge is 0.381 e. The average Bonchev–Trinajstić information content (AvgIpc) is 3.00. The second kappa shape index (κ2) is 10.4. The number of rotatable bonds is 7. The molecule has 1 amide bonds. The predicted molar refractivity (Wildman–Crippen MR) is 118 cm³/mol. The number of benzene rings is 1. The molecule has 7 nitrogen and oxygen atoms in total. The van der Waals surface area contributed by atoms with E-state index in [4.69, 9.17) is 9.47 Å². The minimum atomic E-state index is -0.0246. The third-order valence-electron chi connectivity index (χ3n) is 6.25. The third-order valence-corrected chi connectivity index (χ3v) is 6.25. The van der Waals surface area contributed by atoms with Gasteiger partial charge in [0.2, 0.25) is 5.91 Å². The van der Waals surface area contributed by atoms with Gasteiger partial charge in [-0.25, -0.2) is 0 Å². The molecule has 2 fully saturated rings. The summed E-state index contributed by atoms with van der Waals surface area (Å²) in [5.41, 5.74) is 3.33. The van der Waals surface area contributed by atoms with Crippen LogP contribution in [0.5, 0.6) is 0 Å². The Bertz CT molecular complexity index is 848. The zero-order valence-corrected chi connectivity index (χ0v) is 18.7. The Balaban J connectivity index is 1.45. The molecule has 0 radical (unpaired) electrons. The standard InChI is InChI=1S/C24H34N4O3/c1-19-22(13-26(2)25-19)14-27-15-23(31-18-21-6-4-3-5-7-21)16-28(24(29)17-27)12-20-8-10-30-11-9-20/h3-7,13,20,23H,8-12,14-18H2,1-2H3. The highest BCUT2D eigenvalue weighted by Crippen LogP contribution is 2.20. The van der Waals surface area contributed by atoms with Crippen molar-refractivity contribution >= 4 is 5.91 Å². The number of carbonyl (C=O) groups excluding carboxylic acids is 1. The SMILES string of the molecule is Cc1nn(C)cc1CN1CC(=O)N(CC2CCOCC2)CC(OCc2ccccc2)C1. The summed E-state index contributed by atoms with van der Waals surface area (Å²) in [7, 11) is 1.94. The molecule has 0 aliphatic carbocycles. The Kier molecular flexibility index (Phi) is 7.37. The van der Waals surface area contributed by atoms with E-state index in [1.54, 1.807) is 0 Å². The minimum absolute atomic E-state index is 0.0246. The smallest absolute Gasteiger partial charge is 0.236 e. The van der Waals surface area contributed by atoms with Crippen LogP contribution in [0, 0.1) is 12.8 Å². The average molecular weight is 427 g/mol. The van der Waals surface area contributed by atoms with Crippen LogP contribution in [0.25, 0.3) is 0 Å². The first kappa shape index (κ1) is 22.0. The van der Waals surface area contributed by atoms with Gasteiger partial charge in [-0.3, -0.25) is 14.4 Å². The maximum Gasteiger partial charge on any atom is 0.236 e. The van der Waals surface area contributed by atoms with Crippen molar-refractivity contribution in [1.29, 1.82) is 0 Å². The molecule has 3 heterocycles. The number of hydrogen-bond donors (Lipinski definition) is 0. The quantitative estimate of drug-likeness (QED) is 0.680. The minimum Gasteiger partial charge on any atom is -0.381 e. The molecule has 0 N–H and O–H groups in total. The van der Waals surface area contributed by atoms with Crippen molar-refractivity contribution in [3.8, 4) is 0 Å². The van der Waals surface area contributed by atoms with E-state index < -0.39 is 0 Å². The number of hydrogen-bond acceptors (Lipinski definition) is 5. The highest BCUT2D eigenvalue weighted by molar-refractivity contribution is 5.78. The van der Waals surface area contributed by atoms with E-state index in [1.165, 1.54) is 0 Å². The van der Waals surface area contributed by atoms with E-state index in [2.05, 4.69) is 22.1 Å². The molecule has 2 aliphatic rings. The van der Waals surface area contributed by atoms with E-state index in [0.717, 1.165) is 56.0 Å². The first-order valence-electron chi connectivity index (χ1n) is 11.3. The second-order valence-corrected chi connectivity index (χ2v) is 8.86. The molecule has 1 aromatic heterocycles. The first-order chi connectivity index (χ1) is 15.1. The van der Waals surface area contributed by atoms with Crippen LogP contribution in [0.15, 0.2) is 36.5 Å². The van der Waals surface area contributed by atoms with Crippen molar-refractivity contribution in [2.45, 2.75) is 39.0 Å². The van der Waals surface area contributed by atoms with Crippen LogP contribution in [-0.2, 0) is 34.5 Å². The van der Waals surface area contributed by atoms with E-state index in [-0.39, 0.29) is 12.0 Å². The molecule has 2 aromatic rings. The lowest BCUT2D eigenvalue weighted by Gasteiger charge is -2.30. The van der Waals surface area contributed by atoms with Crippen molar-refractivity contribution in [2.75, 3.05) is 39.4 Å². The molecule has 1 aromatic carbocycles. The summed E-state index contributed by atoms with van der Waals surface area (Å²) in [5.74, 6) is 0.707. The monoisotopic (exact) mass is 426 g/mol. The lowest BCUT2D eigenvalue weighted by molar-refractivity contribution is -0.133. The van der Waals surface area contributed by atoms with E-state index >= 15 is 0 Å². The number of carbonyl (C=O) groups is 1. The van der Waals surface area contributed by atoms with Crippen molar-refractivity contribution in [1.82, 2.24) is 19.6 Å². The first-order valence-corrected chi connectivity index (χ1v) is 11.3. The Morgan fingerprint density at radius 1 is 1.16 bits per heavy atom. The van der Waals surface area contributed by atoms with Crippen LogP contribution in [0.2, 0.25) is 0 Å². The number of aryl methyl sites for hydroxylation is 2. The van der Waals surface area contributed by atoms with Gasteiger partial charge < -0.3 is 14.4 Å². The van der Waals surface area contributed by atoms with Gasteiger partial charge in [0.25, 0.3) is 0 Å². The topological polar surface area (TPSA) is 59.8 Å². The Morgan fingerprint density at radius 3 is 2.65 bits per heavy atom. The maximum atomic E-state index is 13.2. The summed E-state index contributed by atoms with van der Waals surface area (Å²) in [4.78, 5) is 17.4. The number of ether oxygens (including phenoxy) is 2. The van der Waals surface area contributed by atoms with Gasteiger partial charge in [-0.2, -0.15) is 5.10 Å². The molecule has 2 aliphatic heterocycles. The van der Waals surface area contributed by atoms with E-state index in [0.29, 0.717) is 32.2 Å². The van der Waals surface area contributed by atoms with Crippen molar-refractivity contribution in [3.63, 3.8) is 0 Å². The van der Waals surface area contributed by atoms with Crippen molar-refractivity contribution in [2.24, 2.45) is 13.0 Å². The van der Waals surface area contributed by atoms with Gasteiger partial charge in [-0.1, -0.05) is 30.3 Å².